The maximum atomic E-state index is 6.25. The molecule has 2 aromatic carbocycles. The summed E-state index contributed by atoms with van der Waals surface area (Å²) < 4.78 is 5.79. The quantitative estimate of drug-likeness (QED) is 0.761. The minimum Gasteiger partial charge on any atom is -0.493 e. The molecule has 1 aromatic heterocycles. The number of nitrogens with zero attached hydrogens (tertiary/aromatic N) is 1. The van der Waals surface area contributed by atoms with E-state index in [0.29, 0.717) is 0 Å². The molecule has 0 radical (unpaired) electrons. The number of aromatic amines is 1. The fourth-order valence-electron chi connectivity index (χ4n) is 3.09. The average Bonchev–Trinajstić information content (AvgIpc) is 3.19. The van der Waals surface area contributed by atoms with Crippen molar-refractivity contribution in [1.82, 2.24) is 15.5 Å². The third kappa shape index (κ3) is 2.80. The molecule has 3 aromatic rings. The maximum Gasteiger partial charge on any atom is 0.127 e. The lowest BCUT2D eigenvalue weighted by molar-refractivity contribution is 0.349. The second kappa shape index (κ2) is 5.87. The van der Waals surface area contributed by atoms with E-state index in [2.05, 4.69) is 40.6 Å². The molecule has 1 unspecified atom stereocenters. The summed E-state index contributed by atoms with van der Waals surface area (Å²) in [4.78, 5) is 0. The molecular formula is C18H18ClN3O. The van der Waals surface area contributed by atoms with Crippen molar-refractivity contribution in [3.8, 4) is 5.75 Å². The molecule has 23 heavy (non-hydrogen) atoms. The van der Waals surface area contributed by atoms with Crippen molar-refractivity contribution in [2.24, 2.45) is 0 Å². The summed E-state index contributed by atoms with van der Waals surface area (Å²) in [6.45, 7) is 3.66. The highest BCUT2D eigenvalue weighted by Gasteiger charge is 2.20. The number of fused-ring (bicyclic) bond motifs is 2. The van der Waals surface area contributed by atoms with Crippen molar-refractivity contribution in [3.63, 3.8) is 0 Å². The first-order valence-corrected chi connectivity index (χ1v) is 8.19. The van der Waals surface area contributed by atoms with Gasteiger partial charge in [-0.1, -0.05) is 23.7 Å². The SMILES string of the molecule is CC(NCc1ccc2cn[nH]c2c1)c1cc(Cl)cc2c1OCC2. The van der Waals surface area contributed by atoms with Crippen LogP contribution in [0, 0.1) is 0 Å². The van der Waals surface area contributed by atoms with Crippen molar-refractivity contribution >= 4 is 22.5 Å². The van der Waals surface area contributed by atoms with Gasteiger partial charge < -0.3 is 10.1 Å². The highest BCUT2D eigenvalue weighted by Crippen LogP contribution is 2.36. The zero-order valence-corrected chi connectivity index (χ0v) is 13.7. The van der Waals surface area contributed by atoms with Crippen LogP contribution in [0.2, 0.25) is 5.02 Å². The number of H-pyrrole nitrogens is 1. The zero-order chi connectivity index (χ0) is 15.8. The van der Waals surface area contributed by atoms with Gasteiger partial charge in [0.15, 0.2) is 0 Å². The summed E-state index contributed by atoms with van der Waals surface area (Å²) in [7, 11) is 0. The highest BCUT2D eigenvalue weighted by molar-refractivity contribution is 6.30. The number of aromatic nitrogens is 2. The summed E-state index contributed by atoms with van der Waals surface area (Å²) >= 11 is 6.25. The van der Waals surface area contributed by atoms with Gasteiger partial charge in [-0.25, -0.2) is 0 Å². The van der Waals surface area contributed by atoms with Crippen LogP contribution in [0.3, 0.4) is 0 Å². The van der Waals surface area contributed by atoms with E-state index in [9.17, 15) is 0 Å². The summed E-state index contributed by atoms with van der Waals surface area (Å²) in [6, 6.07) is 10.5. The largest absolute Gasteiger partial charge is 0.493 e. The number of hydrogen-bond acceptors (Lipinski definition) is 3. The molecule has 4 nitrogen and oxygen atoms in total. The third-order valence-corrected chi connectivity index (χ3v) is 4.58. The lowest BCUT2D eigenvalue weighted by Crippen LogP contribution is -2.18. The van der Waals surface area contributed by atoms with Crippen LogP contribution in [0.4, 0.5) is 0 Å². The normalized spacial score (nSPS) is 14.7. The first kappa shape index (κ1) is 14.5. The van der Waals surface area contributed by atoms with Crippen LogP contribution in [0.15, 0.2) is 36.5 Å². The first-order valence-electron chi connectivity index (χ1n) is 7.81. The molecule has 5 heteroatoms. The number of nitrogens with one attached hydrogen (secondary N) is 2. The van der Waals surface area contributed by atoms with E-state index in [1.807, 2.05) is 18.3 Å². The Hall–Kier alpha value is -2.04. The predicted octanol–water partition coefficient (Wildman–Crippen LogP) is 4.00. The van der Waals surface area contributed by atoms with Crippen LogP contribution in [0.1, 0.15) is 29.7 Å². The van der Waals surface area contributed by atoms with Gasteiger partial charge in [-0.05, 0) is 36.2 Å². The second-order valence-electron chi connectivity index (χ2n) is 5.98. The van der Waals surface area contributed by atoms with Gasteiger partial charge in [0, 0.05) is 35.0 Å². The molecule has 2 heterocycles. The Balaban J connectivity index is 1.53. The van der Waals surface area contributed by atoms with Crippen LogP contribution in [-0.2, 0) is 13.0 Å². The topological polar surface area (TPSA) is 49.9 Å². The molecule has 0 bridgehead atoms. The smallest absolute Gasteiger partial charge is 0.127 e. The Morgan fingerprint density at radius 3 is 3.17 bits per heavy atom. The average molecular weight is 328 g/mol. The second-order valence-corrected chi connectivity index (χ2v) is 6.41. The van der Waals surface area contributed by atoms with Gasteiger partial charge in [0.25, 0.3) is 0 Å². The molecular weight excluding hydrogens is 310 g/mol. The third-order valence-electron chi connectivity index (χ3n) is 4.36. The van der Waals surface area contributed by atoms with Gasteiger partial charge in [-0.15, -0.1) is 0 Å². The number of hydrogen-bond donors (Lipinski definition) is 2. The standard InChI is InChI=1S/C18H18ClN3O/c1-11(16-8-15(19)7-13-4-5-23-18(13)16)20-9-12-2-3-14-10-21-22-17(14)6-12/h2-3,6-8,10-11,20H,4-5,9H2,1H3,(H,21,22). The molecule has 1 aliphatic heterocycles. The summed E-state index contributed by atoms with van der Waals surface area (Å²) in [5, 5.41) is 12.5. The first-order chi connectivity index (χ1) is 11.2. The Morgan fingerprint density at radius 2 is 2.26 bits per heavy atom. The molecule has 0 saturated carbocycles. The van der Waals surface area contributed by atoms with Crippen LogP contribution in [0.25, 0.3) is 10.9 Å². The van der Waals surface area contributed by atoms with Crippen molar-refractivity contribution in [2.75, 3.05) is 6.61 Å². The summed E-state index contributed by atoms with van der Waals surface area (Å²) in [6.07, 6.45) is 2.77. The Labute approximate surface area is 139 Å². The van der Waals surface area contributed by atoms with E-state index < -0.39 is 0 Å². The minimum absolute atomic E-state index is 0.165. The number of rotatable bonds is 4. The molecule has 0 saturated heterocycles. The van der Waals surface area contributed by atoms with E-state index in [1.165, 1.54) is 11.1 Å². The molecule has 0 amide bonds. The maximum absolute atomic E-state index is 6.25. The van der Waals surface area contributed by atoms with Gasteiger partial charge in [0.1, 0.15) is 5.75 Å². The van der Waals surface area contributed by atoms with Crippen molar-refractivity contribution < 1.29 is 4.74 Å². The van der Waals surface area contributed by atoms with E-state index in [-0.39, 0.29) is 6.04 Å². The molecule has 118 valence electrons. The fourth-order valence-corrected chi connectivity index (χ4v) is 3.34. The molecule has 4 rings (SSSR count). The highest BCUT2D eigenvalue weighted by atomic mass is 35.5. The number of ether oxygens (including phenoxy) is 1. The van der Waals surface area contributed by atoms with Gasteiger partial charge in [-0.3, -0.25) is 5.10 Å². The summed E-state index contributed by atoms with van der Waals surface area (Å²) in [5.74, 6) is 0.999. The van der Waals surface area contributed by atoms with Crippen LogP contribution in [-0.4, -0.2) is 16.8 Å². The van der Waals surface area contributed by atoms with Crippen LogP contribution in [0.5, 0.6) is 5.75 Å². The van der Waals surface area contributed by atoms with Gasteiger partial charge >= 0.3 is 0 Å². The molecule has 1 atom stereocenters. The van der Waals surface area contributed by atoms with Gasteiger partial charge in [-0.2, -0.15) is 5.10 Å². The van der Waals surface area contributed by atoms with Crippen molar-refractivity contribution in [2.45, 2.75) is 25.9 Å². The van der Waals surface area contributed by atoms with Gasteiger partial charge in [0.05, 0.1) is 18.3 Å². The van der Waals surface area contributed by atoms with E-state index >= 15 is 0 Å². The lowest BCUT2D eigenvalue weighted by atomic mass is 10.0. The van der Waals surface area contributed by atoms with Crippen molar-refractivity contribution in [3.05, 3.63) is 58.2 Å². The number of halogens is 1. The Bertz CT molecular complexity index is 859. The zero-order valence-electron chi connectivity index (χ0n) is 12.9. The monoisotopic (exact) mass is 327 g/mol. The summed E-state index contributed by atoms with van der Waals surface area (Å²) in [5.41, 5.74) is 4.62. The van der Waals surface area contributed by atoms with Crippen LogP contribution >= 0.6 is 11.6 Å². The molecule has 2 N–H and O–H groups in total. The number of benzene rings is 2. The molecule has 1 aliphatic rings. The molecule has 0 aliphatic carbocycles. The molecule has 0 spiro atoms. The van der Waals surface area contributed by atoms with E-state index in [0.717, 1.165) is 46.8 Å². The Morgan fingerprint density at radius 1 is 1.35 bits per heavy atom. The fraction of sp³-hybridized carbons (Fsp3) is 0.278. The van der Waals surface area contributed by atoms with Crippen LogP contribution < -0.4 is 10.1 Å². The van der Waals surface area contributed by atoms with E-state index in [1.54, 1.807) is 0 Å². The lowest BCUT2D eigenvalue weighted by Gasteiger charge is -2.18. The minimum atomic E-state index is 0.165. The predicted molar refractivity (Wildman–Crippen MR) is 92.0 cm³/mol. The van der Waals surface area contributed by atoms with Gasteiger partial charge in [0.2, 0.25) is 0 Å². The Kier molecular flexibility index (Phi) is 3.71. The van der Waals surface area contributed by atoms with Crippen molar-refractivity contribution in [1.29, 1.82) is 0 Å². The molecule has 0 fully saturated rings. The van der Waals surface area contributed by atoms with E-state index in [4.69, 9.17) is 16.3 Å².